The van der Waals surface area contributed by atoms with Gasteiger partial charge in [-0.1, -0.05) is 13.8 Å². The summed E-state index contributed by atoms with van der Waals surface area (Å²) in [5.41, 5.74) is 0.445. The SMILES string of the molecule is CC(C)c1nccc(C(=O)N2C[C@@H](CN(C)C)[C@@H](CO)C2)n1. The van der Waals surface area contributed by atoms with Crippen molar-refractivity contribution in [3.63, 3.8) is 0 Å². The van der Waals surface area contributed by atoms with Crippen molar-refractivity contribution in [3.05, 3.63) is 23.8 Å². The molecule has 1 fully saturated rings. The monoisotopic (exact) mass is 306 g/mol. The standard InChI is InChI=1S/C16H26N4O2/c1-11(2)15-17-6-5-14(18-15)16(22)20-8-12(7-19(3)4)13(9-20)10-21/h5-6,11-13,21H,7-10H2,1-4H3/t12-,13-/m1/s1. The molecule has 0 saturated carbocycles. The van der Waals surface area contributed by atoms with Crippen molar-refractivity contribution in [1.82, 2.24) is 19.8 Å². The minimum atomic E-state index is -0.0657. The molecule has 1 aliphatic rings. The minimum absolute atomic E-state index is 0.0657. The minimum Gasteiger partial charge on any atom is -0.396 e. The van der Waals surface area contributed by atoms with Gasteiger partial charge in [0.2, 0.25) is 0 Å². The van der Waals surface area contributed by atoms with Crippen molar-refractivity contribution in [2.75, 3.05) is 40.3 Å². The summed E-state index contributed by atoms with van der Waals surface area (Å²) in [6, 6.07) is 1.67. The van der Waals surface area contributed by atoms with Crippen molar-refractivity contribution in [3.8, 4) is 0 Å². The molecule has 1 N–H and O–H groups in total. The largest absolute Gasteiger partial charge is 0.396 e. The van der Waals surface area contributed by atoms with E-state index in [1.165, 1.54) is 0 Å². The van der Waals surface area contributed by atoms with Gasteiger partial charge < -0.3 is 14.9 Å². The summed E-state index contributed by atoms with van der Waals surface area (Å²) >= 11 is 0. The molecule has 1 amide bonds. The number of aliphatic hydroxyl groups excluding tert-OH is 1. The van der Waals surface area contributed by atoms with Gasteiger partial charge in [-0.05, 0) is 26.1 Å². The van der Waals surface area contributed by atoms with Gasteiger partial charge >= 0.3 is 0 Å². The first-order valence-electron chi connectivity index (χ1n) is 7.80. The lowest BCUT2D eigenvalue weighted by Crippen LogP contribution is -2.31. The van der Waals surface area contributed by atoms with E-state index in [9.17, 15) is 9.90 Å². The molecule has 0 aliphatic carbocycles. The normalized spacial score (nSPS) is 21.9. The molecular weight excluding hydrogens is 280 g/mol. The van der Waals surface area contributed by atoms with Gasteiger partial charge in [0.1, 0.15) is 11.5 Å². The summed E-state index contributed by atoms with van der Waals surface area (Å²) in [6.45, 7) is 6.26. The van der Waals surface area contributed by atoms with Crippen LogP contribution in [0.1, 0.15) is 36.1 Å². The summed E-state index contributed by atoms with van der Waals surface area (Å²) in [6.07, 6.45) is 1.65. The first-order valence-corrected chi connectivity index (χ1v) is 7.80. The van der Waals surface area contributed by atoms with Crippen LogP contribution in [0.5, 0.6) is 0 Å². The Morgan fingerprint density at radius 3 is 2.68 bits per heavy atom. The van der Waals surface area contributed by atoms with Gasteiger partial charge in [0.15, 0.2) is 0 Å². The van der Waals surface area contributed by atoms with E-state index in [1.807, 2.05) is 32.8 Å². The van der Waals surface area contributed by atoms with E-state index in [1.54, 1.807) is 12.3 Å². The zero-order valence-corrected chi connectivity index (χ0v) is 13.9. The molecule has 2 rings (SSSR count). The molecule has 6 nitrogen and oxygen atoms in total. The fourth-order valence-corrected chi connectivity index (χ4v) is 2.92. The van der Waals surface area contributed by atoms with Gasteiger partial charge in [-0.3, -0.25) is 4.79 Å². The molecule has 0 aromatic carbocycles. The lowest BCUT2D eigenvalue weighted by molar-refractivity contribution is 0.0773. The van der Waals surface area contributed by atoms with Crippen molar-refractivity contribution < 1.29 is 9.90 Å². The Balaban J connectivity index is 2.11. The van der Waals surface area contributed by atoms with Gasteiger partial charge in [0.25, 0.3) is 5.91 Å². The Bertz CT molecular complexity index is 519. The third kappa shape index (κ3) is 3.81. The second kappa shape index (κ2) is 7.15. The zero-order valence-electron chi connectivity index (χ0n) is 13.9. The summed E-state index contributed by atoms with van der Waals surface area (Å²) in [5, 5.41) is 9.55. The molecule has 0 radical (unpaired) electrons. The number of likely N-dealkylation sites (tertiary alicyclic amines) is 1. The molecule has 1 saturated heterocycles. The van der Waals surface area contributed by atoms with E-state index >= 15 is 0 Å². The average molecular weight is 306 g/mol. The van der Waals surface area contributed by atoms with Crippen LogP contribution in [0.15, 0.2) is 12.3 Å². The number of nitrogens with zero attached hydrogens (tertiary/aromatic N) is 4. The van der Waals surface area contributed by atoms with E-state index in [0.717, 1.165) is 6.54 Å². The molecular formula is C16H26N4O2. The van der Waals surface area contributed by atoms with Crippen LogP contribution in [0.25, 0.3) is 0 Å². The van der Waals surface area contributed by atoms with Gasteiger partial charge in [-0.2, -0.15) is 0 Å². The number of carbonyl (C=O) groups is 1. The van der Waals surface area contributed by atoms with Gasteiger partial charge in [-0.25, -0.2) is 9.97 Å². The fraction of sp³-hybridized carbons (Fsp3) is 0.688. The Morgan fingerprint density at radius 1 is 1.41 bits per heavy atom. The third-order valence-electron chi connectivity index (χ3n) is 4.11. The summed E-state index contributed by atoms with van der Waals surface area (Å²) < 4.78 is 0. The molecule has 1 aliphatic heterocycles. The quantitative estimate of drug-likeness (QED) is 0.873. The smallest absolute Gasteiger partial charge is 0.272 e. The maximum absolute atomic E-state index is 12.7. The highest BCUT2D eigenvalue weighted by atomic mass is 16.3. The van der Waals surface area contributed by atoms with Gasteiger partial charge in [0, 0.05) is 44.3 Å². The van der Waals surface area contributed by atoms with E-state index in [4.69, 9.17) is 0 Å². The number of hydrogen-bond donors (Lipinski definition) is 1. The highest BCUT2D eigenvalue weighted by Gasteiger charge is 2.35. The van der Waals surface area contributed by atoms with Crippen molar-refractivity contribution >= 4 is 5.91 Å². The van der Waals surface area contributed by atoms with E-state index in [0.29, 0.717) is 30.5 Å². The predicted molar refractivity (Wildman–Crippen MR) is 84.6 cm³/mol. The number of amides is 1. The zero-order chi connectivity index (χ0) is 16.3. The highest BCUT2D eigenvalue weighted by molar-refractivity contribution is 5.92. The Labute approximate surface area is 132 Å². The van der Waals surface area contributed by atoms with Gasteiger partial charge in [0.05, 0.1) is 0 Å². The highest BCUT2D eigenvalue weighted by Crippen LogP contribution is 2.25. The first kappa shape index (κ1) is 16.8. The van der Waals surface area contributed by atoms with E-state index in [2.05, 4.69) is 14.9 Å². The molecule has 2 heterocycles. The van der Waals surface area contributed by atoms with Crippen LogP contribution in [-0.2, 0) is 0 Å². The number of aliphatic hydroxyl groups is 1. The summed E-state index contributed by atoms with van der Waals surface area (Å²) in [5.74, 6) is 1.25. The Hall–Kier alpha value is -1.53. The van der Waals surface area contributed by atoms with Crippen LogP contribution < -0.4 is 0 Å². The maximum atomic E-state index is 12.7. The maximum Gasteiger partial charge on any atom is 0.272 e. The average Bonchev–Trinajstić information content (AvgIpc) is 2.88. The van der Waals surface area contributed by atoms with Crippen LogP contribution in [0.3, 0.4) is 0 Å². The van der Waals surface area contributed by atoms with Crippen LogP contribution in [-0.4, -0.2) is 71.1 Å². The molecule has 0 spiro atoms. The van der Waals surface area contributed by atoms with E-state index < -0.39 is 0 Å². The van der Waals surface area contributed by atoms with Gasteiger partial charge in [-0.15, -0.1) is 0 Å². The number of hydrogen-bond acceptors (Lipinski definition) is 5. The molecule has 122 valence electrons. The Kier molecular flexibility index (Phi) is 5.47. The second-order valence-corrected chi connectivity index (χ2v) is 6.63. The summed E-state index contributed by atoms with van der Waals surface area (Å²) in [4.78, 5) is 25.1. The van der Waals surface area contributed by atoms with E-state index in [-0.39, 0.29) is 24.3 Å². The lowest BCUT2D eigenvalue weighted by atomic mass is 9.97. The molecule has 0 bridgehead atoms. The van der Waals surface area contributed by atoms with Crippen molar-refractivity contribution in [1.29, 1.82) is 0 Å². The topological polar surface area (TPSA) is 69.6 Å². The third-order valence-corrected chi connectivity index (χ3v) is 4.11. The molecule has 1 aromatic rings. The lowest BCUT2D eigenvalue weighted by Gasteiger charge is -2.20. The van der Waals surface area contributed by atoms with Crippen molar-refractivity contribution in [2.45, 2.75) is 19.8 Å². The molecule has 0 unspecified atom stereocenters. The molecule has 6 heteroatoms. The van der Waals surface area contributed by atoms with Crippen LogP contribution >= 0.6 is 0 Å². The number of aromatic nitrogens is 2. The first-order chi connectivity index (χ1) is 10.4. The fourth-order valence-electron chi connectivity index (χ4n) is 2.92. The Morgan fingerprint density at radius 2 is 2.09 bits per heavy atom. The second-order valence-electron chi connectivity index (χ2n) is 6.63. The van der Waals surface area contributed by atoms with Crippen LogP contribution in [0.4, 0.5) is 0 Å². The predicted octanol–water partition coefficient (Wildman–Crippen LogP) is 0.842. The molecule has 2 atom stereocenters. The summed E-state index contributed by atoms with van der Waals surface area (Å²) in [7, 11) is 4.02. The number of carbonyl (C=O) groups excluding carboxylic acids is 1. The molecule has 22 heavy (non-hydrogen) atoms. The van der Waals surface area contributed by atoms with Crippen LogP contribution in [0, 0.1) is 11.8 Å². The van der Waals surface area contributed by atoms with Crippen molar-refractivity contribution in [2.24, 2.45) is 11.8 Å². The number of rotatable bonds is 5. The molecule has 1 aromatic heterocycles. The van der Waals surface area contributed by atoms with Crippen LogP contribution in [0.2, 0.25) is 0 Å².